The molecule has 0 bridgehead atoms. The number of benzene rings is 1. The van der Waals surface area contributed by atoms with Crippen molar-refractivity contribution in [1.29, 1.82) is 0 Å². The van der Waals surface area contributed by atoms with Gasteiger partial charge in [-0.25, -0.2) is 12.7 Å². The van der Waals surface area contributed by atoms with Gasteiger partial charge in [0.2, 0.25) is 10.0 Å². The number of nitrogens with zero attached hydrogens (tertiary/aromatic N) is 2. The highest BCUT2D eigenvalue weighted by Crippen LogP contribution is 2.28. The van der Waals surface area contributed by atoms with E-state index in [1.165, 1.54) is 27.3 Å². The molecule has 0 aromatic heterocycles. The normalized spacial score (nSPS) is 17.7. The van der Waals surface area contributed by atoms with Crippen LogP contribution in [0.3, 0.4) is 0 Å². The van der Waals surface area contributed by atoms with Crippen LogP contribution in [0.2, 0.25) is 0 Å². The van der Waals surface area contributed by atoms with Crippen molar-refractivity contribution < 1.29 is 17.9 Å². The number of amides is 1. The van der Waals surface area contributed by atoms with E-state index in [0.717, 1.165) is 30.2 Å². The summed E-state index contributed by atoms with van der Waals surface area (Å²) in [6.07, 6.45) is 1.76. The number of carbonyl (C=O) groups is 1. The lowest BCUT2D eigenvalue weighted by atomic mass is 10.1. The molecule has 0 saturated carbocycles. The third-order valence-electron chi connectivity index (χ3n) is 4.37. The van der Waals surface area contributed by atoms with Crippen LogP contribution in [-0.2, 0) is 10.0 Å². The average Bonchev–Trinajstić information content (AvgIpc) is 3.12. The Morgan fingerprint density at radius 2 is 2.08 bits per heavy atom. The van der Waals surface area contributed by atoms with Crippen molar-refractivity contribution in [2.75, 3.05) is 40.8 Å². The Hall–Kier alpha value is -1.64. The first-order valence-corrected chi connectivity index (χ1v) is 9.89. The van der Waals surface area contributed by atoms with Crippen molar-refractivity contribution in [3.05, 3.63) is 23.8 Å². The maximum atomic E-state index is 13.0. The molecule has 1 atom stereocenters. The van der Waals surface area contributed by atoms with E-state index in [0.29, 0.717) is 12.1 Å². The molecule has 1 amide bonds. The molecule has 1 saturated heterocycles. The van der Waals surface area contributed by atoms with E-state index in [9.17, 15) is 13.2 Å². The van der Waals surface area contributed by atoms with Crippen LogP contribution in [0.4, 0.5) is 0 Å². The standard InChI is InChI=1S/C17H27N3O4S/c1-5-10-20(14-8-9-18-12-14)17(21)13-6-7-15(24-4)16(11-13)25(22,23)19(2)3/h6-7,11,14,18H,5,8-10,12H2,1-4H3. The van der Waals surface area contributed by atoms with Gasteiger partial charge in [0.25, 0.3) is 5.91 Å². The second-order valence-electron chi connectivity index (χ2n) is 6.30. The van der Waals surface area contributed by atoms with E-state index in [4.69, 9.17) is 4.74 Å². The predicted molar refractivity (Wildman–Crippen MR) is 96.5 cm³/mol. The Morgan fingerprint density at radius 1 is 1.36 bits per heavy atom. The van der Waals surface area contributed by atoms with Crippen LogP contribution >= 0.6 is 0 Å². The molecule has 1 heterocycles. The molecular weight excluding hydrogens is 342 g/mol. The van der Waals surface area contributed by atoms with Gasteiger partial charge >= 0.3 is 0 Å². The molecule has 1 fully saturated rings. The zero-order valence-corrected chi connectivity index (χ0v) is 16.1. The summed E-state index contributed by atoms with van der Waals surface area (Å²) in [7, 11) is 0.619. The molecule has 1 unspecified atom stereocenters. The molecule has 1 aliphatic heterocycles. The molecule has 0 aliphatic carbocycles. The lowest BCUT2D eigenvalue weighted by Crippen LogP contribution is -2.42. The van der Waals surface area contributed by atoms with Gasteiger partial charge in [-0.1, -0.05) is 6.92 Å². The molecule has 8 heteroatoms. The molecule has 25 heavy (non-hydrogen) atoms. The fourth-order valence-corrected chi connectivity index (χ4v) is 4.05. The van der Waals surface area contributed by atoms with Gasteiger partial charge in [0.05, 0.1) is 7.11 Å². The summed E-state index contributed by atoms with van der Waals surface area (Å²) in [6, 6.07) is 4.73. The Balaban J connectivity index is 2.42. The predicted octanol–water partition coefficient (Wildman–Crippen LogP) is 1.16. The molecule has 1 aliphatic rings. The van der Waals surface area contributed by atoms with Gasteiger partial charge in [0.1, 0.15) is 10.6 Å². The van der Waals surface area contributed by atoms with E-state index < -0.39 is 10.0 Å². The van der Waals surface area contributed by atoms with E-state index >= 15 is 0 Å². The molecule has 140 valence electrons. The van der Waals surface area contributed by atoms with Gasteiger partial charge in [-0.15, -0.1) is 0 Å². The average molecular weight is 369 g/mol. The lowest BCUT2D eigenvalue weighted by Gasteiger charge is -2.28. The van der Waals surface area contributed by atoms with Gasteiger partial charge in [-0.3, -0.25) is 4.79 Å². The third kappa shape index (κ3) is 4.13. The fourth-order valence-electron chi connectivity index (χ4n) is 2.97. The fraction of sp³-hybridized carbons (Fsp3) is 0.588. The Bertz CT molecular complexity index is 713. The molecule has 1 aromatic carbocycles. The highest BCUT2D eigenvalue weighted by Gasteiger charge is 2.29. The van der Waals surface area contributed by atoms with Gasteiger partial charge in [-0.2, -0.15) is 0 Å². The number of hydrogen-bond acceptors (Lipinski definition) is 5. The summed E-state index contributed by atoms with van der Waals surface area (Å²) in [6.45, 7) is 4.33. The summed E-state index contributed by atoms with van der Waals surface area (Å²) in [5, 5.41) is 3.27. The van der Waals surface area contributed by atoms with Gasteiger partial charge in [0, 0.05) is 38.8 Å². The van der Waals surface area contributed by atoms with Crippen LogP contribution in [-0.4, -0.2) is 70.4 Å². The first-order chi connectivity index (χ1) is 11.8. The number of sulfonamides is 1. The number of nitrogens with one attached hydrogen (secondary N) is 1. The SMILES string of the molecule is CCCN(C(=O)c1ccc(OC)c(S(=O)(=O)N(C)C)c1)C1CCNC1. The van der Waals surface area contributed by atoms with Crippen molar-refractivity contribution in [1.82, 2.24) is 14.5 Å². The number of rotatable bonds is 7. The minimum atomic E-state index is -3.71. The second kappa shape index (κ2) is 8.16. The highest BCUT2D eigenvalue weighted by molar-refractivity contribution is 7.89. The van der Waals surface area contributed by atoms with Gasteiger partial charge < -0.3 is 15.0 Å². The number of methoxy groups -OCH3 is 1. The number of ether oxygens (including phenoxy) is 1. The first kappa shape index (κ1) is 19.7. The van der Waals surface area contributed by atoms with Crippen LogP contribution in [0.25, 0.3) is 0 Å². The van der Waals surface area contributed by atoms with Crippen LogP contribution < -0.4 is 10.1 Å². The Morgan fingerprint density at radius 3 is 2.60 bits per heavy atom. The maximum Gasteiger partial charge on any atom is 0.254 e. The maximum absolute atomic E-state index is 13.0. The van der Waals surface area contributed by atoms with E-state index in [1.54, 1.807) is 12.1 Å². The Labute approximate surface area is 150 Å². The van der Waals surface area contributed by atoms with Crippen LogP contribution in [0.15, 0.2) is 23.1 Å². The Kier molecular flexibility index (Phi) is 6.42. The zero-order valence-electron chi connectivity index (χ0n) is 15.3. The molecule has 0 radical (unpaired) electrons. The largest absolute Gasteiger partial charge is 0.495 e. The minimum absolute atomic E-state index is 0.00634. The monoisotopic (exact) mass is 369 g/mol. The molecule has 1 N–H and O–H groups in total. The molecule has 7 nitrogen and oxygen atoms in total. The summed E-state index contributed by atoms with van der Waals surface area (Å²) >= 11 is 0. The highest BCUT2D eigenvalue weighted by atomic mass is 32.2. The number of hydrogen-bond donors (Lipinski definition) is 1. The summed E-state index contributed by atoms with van der Waals surface area (Å²) in [5.74, 6) is 0.0863. The van der Waals surface area contributed by atoms with Crippen molar-refractivity contribution in [3.63, 3.8) is 0 Å². The van der Waals surface area contributed by atoms with Crippen molar-refractivity contribution >= 4 is 15.9 Å². The van der Waals surface area contributed by atoms with Crippen molar-refractivity contribution in [2.45, 2.75) is 30.7 Å². The molecule has 0 spiro atoms. The summed E-state index contributed by atoms with van der Waals surface area (Å²) in [4.78, 5) is 14.9. The van der Waals surface area contributed by atoms with Crippen molar-refractivity contribution in [3.8, 4) is 5.75 Å². The van der Waals surface area contributed by atoms with Crippen molar-refractivity contribution in [2.24, 2.45) is 0 Å². The smallest absolute Gasteiger partial charge is 0.254 e. The van der Waals surface area contributed by atoms with E-state index in [-0.39, 0.29) is 22.6 Å². The molecule has 2 rings (SSSR count). The minimum Gasteiger partial charge on any atom is -0.495 e. The topological polar surface area (TPSA) is 79.0 Å². The summed E-state index contributed by atoms with van der Waals surface area (Å²) in [5.41, 5.74) is 0.363. The van der Waals surface area contributed by atoms with Crippen LogP contribution in [0.1, 0.15) is 30.1 Å². The van der Waals surface area contributed by atoms with Gasteiger partial charge in [0.15, 0.2) is 0 Å². The third-order valence-corrected chi connectivity index (χ3v) is 6.21. The van der Waals surface area contributed by atoms with Gasteiger partial charge in [-0.05, 0) is 37.6 Å². The first-order valence-electron chi connectivity index (χ1n) is 8.45. The number of carbonyl (C=O) groups excluding carboxylic acids is 1. The lowest BCUT2D eigenvalue weighted by molar-refractivity contribution is 0.0692. The zero-order chi connectivity index (χ0) is 18.6. The quantitative estimate of drug-likeness (QED) is 0.780. The summed E-state index contributed by atoms with van der Waals surface area (Å²) < 4.78 is 31.4. The molecule has 1 aromatic rings. The molecular formula is C17H27N3O4S. The second-order valence-corrected chi connectivity index (χ2v) is 8.42. The van der Waals surface area contributed by atoms with Crippen LogP contribution in [0.5, 0.6) is 5.75 Å². The van der Waals surface area contributed by atoms with E-state index in [1.807, 2.05) is 11.8 Å². The van der Waals surface area contributed by atoms with Crippen LogP contribution in [0, 0.1) is 0 Å². The van der Waals surface area contributed by atoms with E-state index in [2.05, 4.69) is 5.32 Å².